The van der Waals surface area contributed by atoms with E-state index in [1.54, 1.807) is 6.07 Å². The summed E-state index contributed by atoms with van der Waals surface area (Å²) < 4.78 is 0.665. The summed E-state index contributed by atoms with van der Waals surface area (Å²) >= 11 is 3.24. The van der Waals surface area contributed by atoms with Crippen molar-refractivity contribution in [3.05, 3.63) is 33.8 Å². The second kappa shape index (κ2) is 4.80. The smallest absolute Gasteiger partial charge is 0.335 e. The average molecular weight is 254 g/mol. The molecule has 0 amide bonds. The second-order valence-corrected chi connectivity index (χ2v) is 3.36. The Bertz CT molecular complexity index is 418. The van der Waals surface area contributed by atoms with Crippen LogP contribution in [-0.2, 0) is 0 Å². The zero-order chi connectivity index (χ0) is 10.6. The van der Waals surface area contributed by atoms with Gasteiger partial charge in [-0.25, -0.2) is 4.79 Å². The summed E-state index contributed by atoms with van der Waals surface area (Å²) in [6, 6.07) is 4.67. The van der Waals surface area contributed by atoms with Gasteiger partial charge in [-0.1, -0.05) is 11.8 Å². The van der Waals surface area contributed by atoms with Crippen LogP contribution in [0.2, 0.25) is 0 Å². The summed E-state index contributed by atoms with van der Waals surface area (Å²) in [5.74, 6) is 4.56. The first-order valence-electron chi connectivity index (χ1n) is 3.87. The van der Waals surface area contributed by atoms with Gasteiger partial charge in [-0.05, 0) is 34.1 Å². The number of rotatable bonds is 1. The van der Waals surface area contributed by atoms with E-state index in [0.717, 1.165) is 5.56 Å². The molecule has 0 bridgehead atoms. The Hall–Kier alpha value is -1.31. The van der Waals surface area contributed by atoms with E-state index in [0.29, 0.717) is 4.47 Å². The molecule has 1 aromatic rings. The van der Waals surface area contributed by atoms with E-state index in [1.165, 1.54) is 12.1 Å². The molecule has 72 valence electrons. The number of nitrogens with two attached hydrogens (primary N) is 1. The van der Waals surface area contributed by atoms with Crippen molar-refractivity contribution in [2.45, 2.75) is 0 Å². The normalized spacial score (nSPS) is 9.00. The minimum absolute atomic E-state index is 0.232. The van der Waals surface area contributed by atoms with Gasteiger partial charge in [-0.3, -0.25) is 0 Å². The zero-order valence-corrected chi connectivity index (χ0v) is 8.84. The molecule has 0 saturated carbocycles. The van der Waals surface area contributed by atoms with Crippen LogP contribution in [0, 0.1) is 11.8 Å². The van der Waals surface area contributed by atoms with Gasteiger partial charge in [0.25, 0.3) is 0 Å². The lowest BCUT2D eigenvalue weighted by molar-refractivity contribution is 0.0697. The van der Waals surface area contributed by atoms with Gasteiger partial charge in [0.2, 0.25) is 0 Å². The van der Waals surface area contributed by atoms with Crippen LogP contribution in [0.5, 0.6) is 0 Å². The maximum atomic E-state index is 10.6. The van der Waals surface area contributed by atoms with E-state index >= 15 is 0 Å². The molecule has 0 aromatic heterocycles. The van der Waals surface area contributed by atoms with Gasteiger partial charge >= 0.3 is 5.97 Å². The summed E-state index contributed by atoms with van der Waals surface area (Å²) in [5.41, 5.74) is 6.19. The van der Waals surface area contributed by atoms with Gasteiger partial charge in [-0.2, -0.15) is 0 Å². The van der Waals surface area contributed by atoms with Crippen LogP contribution in [0.3, 0.4) is 0 Å². The molecule has 0 aliphatic carbocycles. The second-order valence-electron chi connectivity index (χ2n) is 2.51. The molecule has 0 radical (unpaired) electrons. The van der Waals surface area contributed by atoms with Crippen LogP contribution in [0.15, 0.2) is 22.7 Å². The van der Waals surface area contributed by atoms with Crippen LogP contribution >= 0.6 is 15.9 Å². The fourth-order valence-corrected chi connectivity index (χ4v) is 1.37. The van der Waals surface area contributed by atoms with Crippen LogP contribution in [-0.4, -0.2) is 17.6 Å². The molecule has 0 fully saturated rings. The number of halogens is 1. The predicted octanol–water partition coefficient (Wildman–Crippen LogP) is 1.46. The number of aromatic carboxylic acids is 1. The fraction of sp³-hybridized carbons (Fsp3) is 0.100. The third-order valence-electron chi connectivity index (χ3n) is 1.54. The molecule has 0 unspecified atom stereocenters. The molecule has 1 rings (SSSR count). The number of carboxylic acids is 1. The monoisotopic (exact) mass is 253 g/mol. The van der Waals surface area contributed by atoms with Gasteiger partial charge in [0, 0.05) is 10.0 Å². The molecule has 0 aliphatic rings. The number of hydrogen-bond donors (Lipinski definition) is 2. The van der Waals surface area contributed by atoms with Gasteiger partial charge in [0.1, 0.15) is 0 Å². The Morgan fingerprint density at radius 2 is 2.29 bits per heavy atom. The van der Waals surface area contributed by atoms with Gasteiger partial charge in [-0.15, -0.1) is 0 Å². The van der Waals surface area contributed by atoms with Crippen LogP contribution < -0.4 is 5.73 Å². The Kier molecular flexibility index (Phi) is 3.69. The topological polar surface area (TPSA) is 63.3 Å². The van der Waals surface area contributed by atoms with E-state index in [4.69, 9.17) is 10.8 Å². The predicted molar refractivity (Wildman–Crippen MR) is 57.0 cm³/mol. The molecule has 3 N–H and O–H groups in total. The molecule has 0 saturated heterocycles. The minimum Gasteiger partial charge on any atom is -0.478 e. The van der Waals surface area contributed by atoms with Crippen molar-refractivity contribution < 1.29 is 9.90 Å². The molecule has 3 nitrogen and oxygen atoms in total. The quantitative estimate of drug-likeness (QED) is 0.745. The van der Waals surface area contributed by atoms with Crippen LogP contribution in [0.25, 0.3) is 0 Å². The highest BCUT2D eigenvalue weighted by molar-refractivity contribution is 9.10. The van der Waals surface area contributed by atoms with Crippen molar-refractivity contribution >= 4 is 21.9 Å². The van der Waals surface area contributed by atoms with Crippen LogP contribution in [0.4, 0.5) is 0 Å². The van der Waals surface area contributed by atoms with Crippen molar-refractivity contribution in [2.75, 3.05) is 6.54 Å². The molecule has 0 atom stereocenters. The lowest BCUT2D eigenvalue weighted by Gasteiger charge is -1.98. The lowest BCUT2D eigenvalue weighted by atomic mass is 10.1. The number of benzene rings is 1. The summed E-state index contributed by atoms with van der Waals surface area (Å²) in [7, 11) is 0. The Balaban J connectivity index is 3.07. The van der Waals surface area contributed by atoms with E-state index in [9.17, 15) is 4.79 Å². The highest BCUT2D eigenvalue weighted by Crippen LogP contribution is 2.17. The summed E-state index contributed by atoms with van der Waals surface area (Å²) in [6.07, 6.45) is 0. The molecule has 0 spiro atoms. The number of hydrogen-bond acceptors (Lipinski definition) is 2. The molecule has 14 heavy (non-hydrogen) atoms. The van der Waals surface area contributed by atoms with Gasteiger partial charge in [0.15, 0.2) is 0 Å². The summed E-state index contributed by atoms with van der Waals surface area (Å²) in [5, 5.41) is 8.70. The summed E-state index contributed by atoms with van der Waals surface area (Å²) in [4.78, 5) is 10.6. The van der Waals surface area contributed by atoms with Gasteiger partial charge < -0.3 is 10.8 Å². The molecule has 0 heterocycles. The first kappa shape index (κ1) is 10.8. The molecule has 1 aromatic carbocycles. The van der Waals surface area contributed by atoms with Crippen molar-refractivity contribution in [1.82, 2.24) is 0 Å². The number of carboxylic acid groups (broad SMARTS) is 1. The average Bonchev–Trinajstić information content (AvgIpc) is 2.15. The van der Waals surface area contributed by atoms with E-state index in [-0.39, 0.29) is 12.1 Å². The first-order chi connectivity index (χ1) is 6.65. The van der Waals surface area contributed by atoms with Gasteiger partial charge in [0.05, 0.1) is 12.1 Å². The highest BCUT2D eigenvalue weighted by atomic mass is 79.9. The Morgan fingerprint density at radius 3 is 2.79 bits per heavy atom. The zero-order valence-electron chi connectivity index (χ0n) is 7.25. The Morgan fingerprint density at radius 1 is 1.57 bits per heavy atom. The highest BCUT2D eigenvalue weighted by Gasteiger charge is 2.04. The number of carbonyl (C=O) groups is 1. The van der Waals surface area contributed by atoms with Crippen molar-refractivity contribution in [3.63, 3.8) is 0 Å². The maximum absolute atomic E-state index is 10.6. The lowest BCUT2D eigenvalue weighted by Crippen LogP contribution is -1.96. The molecular weight excluding hydrogens is 246 g/mol. The van der Waals surface area contributed by atoms with E-state index in [2.05, 4.69) is 27.8 Å². The molecule has 4 heteroatoms. The Labute approximate surface area is 90.1 Å². The first-order valence-corrected chi connectivity index (χ1v) is 4.66. The molecular formula is C10H8BrNO2. The third-order valence-corrected chi connectivity index (χ3v) is 2.20. The third kappa shape index (κ3) is 2.59. The largest absolute Gasteiger partial charge is 0.478 e. The van der Waals surface area contributed by atoms with Crippen molar-refractivity contribution in [1.29, 1.82) is 0 Å². The van der Waals surface area contributed by atoms with Crippen LogP contribution in [0.1, 0.15) is 15.9 Å². The fourth-order valence-electron chi connectivity index (χ4n) is 0.896. The van der Waals surface area contributed by atoms with E-state index < -0.39 is 5.97 Å². The van der Waals surface area contributed by atoms with E-state index in [1.807, 2.05) is 0 Å². The maximum Gasteiger partial charge on any atom is 0.335 e. The molecule has 0 aliphatic heterocycles. The SMILES string of the molecule is NCC#Cc1ccc(C(=O)O)cc1Br. The minimum atomic E-state index is -0.955. The standard InChI is InChI=1S/C10H8BrNO2/c11-9-6-8(10(13)14)4-3-7(9)2-1-5-12/h3-4,6H,5,12H2,(H,13,14). The van der Waals surface area contributed by atoms with Crippen molar-refractivity contribution in [3.8, 4) is 11.8 Å². The van der Waals surface area contributed by atoms with Crippen molar-refractivity contribution in [2.24, 2.45) is 5.73 Å². The summed E-state index contributed by atoms with van der Waals surface area (Å²) in [6.45, 7) is 0.285.